The zero-order valence-electron chi connectivity index (χ0n) is 18.6. The number of anilines is 1. The number of amides is 1. The van der Waals surface area contributed by atoms with Gasteiger partial charge in [0.25, 0.3) is 5.91 Å². The van der Waals surface area contributed by atoms with E-state index >= 15 is 0 Å². The summed E-state index contributed by atoms with van der Waals surface area (Å²) in [6.07, 6.45) is 1.83. The SMILES string of the molecule is CCOc1cccc2sc(N(CCCN(C)C)C(=O)c3ccccc3S(C)(=O)=O)nc12.Cl. The number of nitrogens with zero attached hydrogens (tertiary/aromatic N) is 3. The molecule has 0 radical (unpaired) electrons. The van der Waals surface area contributed by atoms with E-state index in [0.717, 1.165) is 17.5 Å². The number of thiazole rings is 1. The molecule has 3 aromatic rings. The molecule has 0 saturated heterocycles. The van der Waals surface area contributed by atoms with E-state index in [1.807, 2.05) is 44.1 Å². The smallest absolute Gasteiger partial charge is 0.261 e. The van der Waals surface area contributed by atoms with E-state index in [9.17, 15) is 13.2 Å². The largest absolute Gasteiger partial charge is 0.492 e. The number of para-hydroxylation sites is 1. The lowest BCUT2D eigenvalue weighted by atomic mass is 10.2. The minimum Gasteiger partial charge on any atom is -0.492 e. The number of ether oxygens (including phenoxy) is 1. The second kappa shape index (κ2) is 11.1. The standard InChI is InChI=1S/C22H27N3O4S2.ClH/c1-5-29-17-11-8-12-18-20(17)23-22(30-18)25(15-9-14-24(2)3)21(26)16-10-6-7-13-19(16)31(4,27)28;/h6-8,10-13H,5,9,14-15H2,1-4H3;1H. The lowest BCUT2D eigenvalue weighted by molar-refractivity contribution is 0.0983. The van der Waals surface area contributed by atoms with Crippen LogP contribution < -0.4 is 9.64 Å². The van der Waals surface area contributed by atoms with Crippen molar-refractivity contribution < 1.29 is 17.9 Å². The number of hydrogen-bond donors (Lipinski definition) is 0. The van der Waals surface area contributed by atoms with E-state index < -0.39 is 9.84 Å². The topological polar surface area (TPSA) is 79.8 Å². The zero-order chi connectivity index (χ0) is 22.6. The lowest BCUT2D eigenvalue weighted by Gasteiger charge is -2.22. The van der Waals surface area contributed by atoms with E-state index in [1.54, 1.807) is 23.1 Å². The third-order valence-electron chi connectivity index (χ3n) is 4.65. The molecule has 1 amide bonds. The molecule has 174 valence electrons. The summed E-state index contributed by atoms with van der Waals surface area (Å²) in [6.45, 7) is 3.62. The zero-order valence-corrected chi connectivity index (χ0v) is 21.0. The number of sulfone groups is 1. The van der Waals surface area contributed by atoms with Gasteiger partial charge in [-0.25, -0.2) is 13.4 Å². The van der Waals surface area contributed by atoms with Crippen molar-refractivity contribution in [2.75, 3.05) is 44.9 Å². The van der Waals surface area contributed by atoms with Gasteiger partial charge in [-0.05, 0) is 58.3 Å². The quantitative estimate of drug-likeness (QED) is 0.442. The molecule has 32 heavy (non-hydrogen) atoms. The van der Waals surface area contributed by atoms with Crippen LogP contribution in [0.2, 0.25) is 0 Å². The van der Waals surface area contributed by atoms with Crippen molar-refractivity contribution in [3.05, 3.63) is 48.0 Å². The summed E-state index contributed by atoms with van der Waals surface area (Å²) in [5.74, 6) is 0.288. The molecule has 0 aliphatic heterocycles. The van der Waals surface area contributed by atoms with Crippen LogP contribution in [0.25, 0.3) is 10.2 Å². The monoisotopic (exact) mass is 497 g/mol. The molecular formula is C22H28ClN3O4S2. The van der Waals surface area contributed by atoms with E-state index in [2.05, 4.69) is 0 Å². The molecule has 0 aliphatic rings. The number of carbonyl (C=O) groups is 1. The molecule has 7 nitrogen and oxygen atoms in total. The summed E-state index contributed by atoms with van der Waals surface area (Å²) in [5.41, 5.74) is 0.852. The van der Waals surface area contributed by atoms with Crippen molar-refractivity contribution in [3.8, 4) is 5.75 Å². The van der Waals surface area contributed by atoms with E-state index in [4.69, 9.17) is 9.72 Å². The summed E-state index contributed by atoms with van der Waals surface area (Å²) < 4.78 is 31.1. The Morgan fingerprint density at radius 1 is 1.09 bits per heavy atom. The van der Waals surface area contributed by atoms with Crippen molar-refractivity contribution in [2.45, 2.75) is 18.2 Å². The van der Waals surface area contributed by atoms with E-state index in [-0.39, 0.29) is 28.8 Å². The van der Waals surface area contributed by atoms with Crippen molar-refractivity contribution >= 4 is 54.8 Å². The van der Waals surface area contributed by atoms with Crippen molar-refractivity contribution in [3.63, 3.8) is 0 Å². The van der Waals surface area contributed by atoms with Gasteiger partial charge in [-0.2, -0.15) is 0 Å². The molecule has 0 bridgehead atoms. The highest BCUT2D eigenvalue weighted by molar-refractivity contribution is 7.90. The predicted molar refractivity (Wildman–Crippen MR) is 132 cm³/mol. The van der Waals surface area contributed by atoms with Gasteiger partial charge in [0.05, 0.1) is 21.8 Å². The van der Waals surface area contributed by atoms with E-state index in [0.29, 0.717) is 36.0 Å². The molecule has 0 fully saturated rings. The van der Waals surface area contributed by atoms with Crippen LogP contribution in [0.4, 0.5) is 5.13 Å². The first-order valence-corrected chi connectivity index (χ1v) is 12.7. The Balaban J connectivity index is 0.00000363. The highest BCUT2D eigenvalue weighted by Gasteiger charge is 2.26. The Labute approximate surface area is 199 Å². The van der Waals surface area contributed by atoms with Crippen molar-refractivity contribution in [1.82, 2.24) is 9.88 Å². The molecule has 0 atom stereocenters. The highest BCUT2D eigenvalue weighted by atomic mass is 35.5. The summed E-state index contributed by atoms with van der Waals surface area (Å²) >= 11 is 1.39. The first kappa shape index (κ1) is 26.1. The van der Waals surface area contributed by atoms with Gasteiger partial charge in [-0.3, -0.25) is 9.69 Å². The summed E-state index contributed by atoms with van der Waals surface area (Å²) in [5, 5.41) is 0.522. The normalized spacial score (nSPS) is 11.4. The number of hydrogen-bond acceptors (Lipinski definition) is 7. The third kappa shape index (κ3) is 5.98. The number of rotatable bonds is 9. The van der Waals surface area contributed by atoms with Gasteiger partial charge in [0.2, 0.25) is 0 Å². The molecule has 0 unspecified atom stereocenters. The molecule has 0 N–H and O–H groups in total. The van der Waals surface area contributed by atoms with Crippen LogP contribution in [-0.2, 0) is 9.84 Å². The summed E-state index contributed by atoms with van der Waals surface area (Å²) in [6, 6.07) is 12.0. The predicted octanol–water partition coefficient (Wildman–Crippen LogP) is 4.12. The maximum Gasteiger partial charge on any atom is 0.261 e. The number of fused-ring (bicyclic) bond motifs is 1. The van der Waals surface area contributed by atoms with Gasteiger partial charge in [0.15, 0.2) is 15.0 Å². The maximum atomic E-state index is 13.6. The Morgan fingerprint density at radius 2 is 1.81 bits per heavy atom. The lowest BCUT2D eigenvalue weighted by Crippen LogP contribution is -2.34. The molecule has 1 aromatic heterocycles. The van der Waals surface area contributed by atoms with Crippen LogP contribution in [0.3, 0.4) is 0 Å². The first-order valence-electron chi connectivity index (χ1n) is 10.0. The average Bonchev–Trinajstić information content (AvgIpc) is 3.15. The molecule has 1 heterocycles. The second-order valence-electron chi connectivity index (χ2n) is 7.41. The van der Waals surface area contributed by atoms with Gasteiger partial charge >= 0.3 is 0 Å². The second-order valence-corrected chi connectivity index (χ2v) is 10.4. The summed E-state index contributed by atoms with van der Waals surface area (Å²) in [7, 11) is 0.379. The van der Waals surface area contributed by atoms with Gasteiger partial charge in [0.1, 0.15) is 11.3 Å². The Hall–Kier alpha value is -2.20. The molecule has 3 rings (SSSR count). The van der Waals surface area contributed by atoms with Crippen LogP contribution >= 0.6 is 23.7 Å². The Morgan fingerprint density at radius 3 is 2.47 bits per heavy atom. The number of benzene rings is 2. The van der Waals surface area contributed by atoms with Gasteiger partial charge in [0, 0.05) is 12.8 Å². The number of aromatic nitrogens is 1. The average molecular weight is 498 g/mol. The van der Waals surface area contributed by atoms with Crippen LogP contribution in [0.15, 0.2) is 47.4 Å². The molecule has 10 heteroatoms. The van der Waals surface area contributed by atoms with Crippen LogP contribution in [-0.4, -0.2) is 64.3 Å². The Bertz CT molecular complexity index is 1180. The van der Waals surface area contributed by atoms with Gasteiger partial charge < -0.3 is 9.64 Å². The van der Waals surface area contributed by atoms with Crippen LogP contribution in [0.5, 0.6) is 5.75 Å². The minimum atomic E-state index is -3.56. The molecule has 0 aliphatic carbocycles. The van der Waals surface area contributed by atoms with Crippen molar-refractivity contribution in [1.29, 1.82) is 0 Å². The van der Waals surface area contributed by atoms with E-state index in [1.165, 1.54) is 17.4 Å². The number of carbonyl (C=O) groups excluding carboxylic acids is 1. The first-order chi connectivity index (χ1) is 14.7. The fraction of sp³-hybridized carbons (Fsp3) is 0.364. The van der Waals surface area contributed by atoms with Crippen molar-refractivity contribution in [2.24, 2.45) is 0 Å². The Kier molecular flexibility index (Phi) is 9.03. The summed E-state index contributed by atoms with van der Waals surface area (Å²) in [4.78, 5) is 21.9. The molecule has 0 saturated carbocycles. The van der Waals surface area contributed by atoms with Crippen LogP contribution in [0.1, 0.15) is 23.7 Å². The van der Waals surface area contributed by atoms with Gasteiger partial charge in [-0.15, -0.1) is 12.4 Å². The number of halogens is 1. The minimum absolute atomic E-state index is 0. The van der Waals surface area contributed by atoms with Crippen LogP contribution in [0, 0.1) is 0 Å². The fourth-order valence-electron chi connectivity index (χ4n) is 3.24. The maximum absolute atomic E-state index is 13.6. The molecule has 0 spiro atoms. The van der Waals surface area contributed by atoms with Gasteiger partial charge in [-0.1, -0.05) is 29.5 Å². The third-order valence-corrected chi connectivity index (χ3v) is 6.85. The molecule has 2 aromatic carbocycles. The highest BCUT2D eigenvalue weighted by Crippen LogP contribution is 2.35. The fourth-order valence-corrected chi connectivity index (χ4v) is 5.13. The molecular weight excluding hydrogens is 470 g/mol.